The zero-order valence-corrected chi connectivity index (χ0v) is 25.6. The molecule has 0 saturated heterocycles. The molecule has 11 rings (SSSR count). The number of hydrogen-bond acceptors (Lipinski definition) is 1. The third-order valence-corrected chi connectivity index (χ3v) is 12.0. The second kappa shape index (κ2) is 9.69. The summed E-state index contributed by atoms with van der Waals surface area (Å²) in [6.07, 6.45) is 7.07. The van der Waals surface area contributed by atoms with Crippen molar-refractivity contribution < 1.29 is 0 Å². The van der Waals surface area contributed by atoms with E-state index in [0.717, 1.165) is 23.7 Å². The van der Waals surface area contributed by atoms with Gasteiger partial charge in [0.25, 0.3) is 0 Å². The fourth-order valence-corrected chi connectivity index (χ4v) is 10.7. The Kier molecular flexibility index (Phi) is 5.53. The van der Waals surface area contributed by atoms with Crippen molar-refractivity contribution in [2.45, 2.75) is 37.5 Å². The van der Waals surface area contributed by atoms with Crippen molar-refractivity contribution >= 4 is 27.8 Å². The Bertz CT molecular complexity index is 2060. The Morgan fingerprint density at radius 2 is 1.02 bits per heavy atom. The maximum absolute atomic E-state index is 2.59. The molecule has 0 aromatic heterocycles. The van der Waals surface area contributed by atoms with Crippen LogP contribution >= 0.6 is 0 Å². The molecule has 5 aliphatic carbocycles. The van der Waals surface area contributed by atoms with E-state index < -0.39 is 0 Å². The molecule has 0 unspecified atom stereocenters. The number of benzene rings is 6. The van der Waals surface area contributed by atoms with Crippen molar-refractivity contribution in [1.29, 1.82) is 0 Å². The maximum Gasteiger partial charge on any atom is 0.0543 e. The minimum absolute atomic E-state index is 0.138. The standard InChI is InChI=1S/C44H37N/c1-2-12-31(13-3-1)35-17-7-9-21-40(35)45(41-22-10-15-32-14-4-5-16-36(32)41)42-23-11-20-39-43(42)37-18-6-8-19-38(37)44(39)33-25-29-24-30(27-33)28-34(44)26-29/h1-23,29-30,33-34H,24-28H2. The van der Waals surface area contributed by atoms with Gasteiger partial charge in [-0.25, -0.2) is 0 Å². The highest BCUT2D eigenvalue weighted by Gasteiger charge is 2.61. The van der Waals surface area contributed by atoms with E-state index in [9.17, 15) is 0 Å². The molecule has 218 valence electrons. The summed E-state index contributed by atoms with van der Waals surface area (Å²) < 4.78 is 0. The van der Waals surface area contributed by atoms with Gasteiger partial charge in [0.1, 0.15) is 0 Å². The van der Waals surface area contributed by atoms with Gasteiger partial charge in [0.05, 0.1) is 17.1 Å². The van der Waals surface area contributed by atoms with Crippen molar-refractivity contribution in [3.63, 3.8) is 0 Å². The molecule has 0 aliphatic heterocycles. The van der Waals surface area contributed by atoms with Gasteiger partial charge < -0.3 is 4.90 Å². The van der Waals surface area contributed by atoms with E-state index >= 15 is 0 Å². The van der Waals surface area contributed by atoms with E-state index in [1.807, 2.05) is 0 Å². The Morgan fingerprint density at radius 1 is 0.444 bits per heavy atom. The highest BCUT2D eigenvalue weighted by molar-refractivity contribution is 6.04. The molecular formula is C44H37N. The SMILES string of the molecule is c1ccc(-c2ccccc2N(c2cccc3c2-c2ccccc2C32C3CC4CC(C3)CC2C4)c2cccc3ccccc23)cc1. The van der Waals surface area contributed by atoms with Crippen molar-refractivity contribution in [2.75, 3.05) is 4.90 Å². The van der Waals surface area contributed by atoms with Gasteiger partial charge in [-0.2, -0.15) is 0 Å². The lowest BCUT2D eigenvalue weighted by molar-refractivity contribution is -0.0399. The summed E-state index contributed by atoms with van der Waals surface area (Å²) in [5.41, 5.74) is 12.5. The smallest absolute Gasteiger partial charge is 0.0543 e. The molecule has 0 atom stereocenters. The first-order valence-corrected chi connectivity index (χ1v) is 17.0. The van der Waals surface area contributed by atoms with E-state index in [4.69, 9.17) is 0 Å². The predicted molar refractivity (Wildman–Crippen MR) is 187 cm³/mol. The van der Waals surface area contributed by atoms with Crippen LogP contribution in [-0.4, -0.2) is 0 Å². The van der Waals surface area contributed by atoms with Gasteiger partial charge in [-0.05, 0) is 102 Å². The minimum Gasteiger partial charge on any atom is -0.309 e. The molecule has 45 heavy (non-hydrogen) atoms. The summed E-state index contributed by atoms with van der Waals surface area (Å²) in [4.78, 5) is 2.59. The van der Waals surface area contributed by atoms with Crippen molar-refractivity contribution in [1.82, 2.24) is 0 Å². The van der Waals surface area contributed by atoms with Gasteiger partial charge in [-0.15, -0.1) is 0 Å². The summed E-state index contributed by atoms with van der Waals surface area (Å²) in [6, 6.07) is 52.4. The Balaban J connectivity index is 1.29. The molecule has 0 N–H and O–H groups in total. The first kappa shape index (κ1) is 25.7. The van der Waals surface area contributed by atoms with Gasteiger partial charge >= 0.3 is 0 Å². The van der Waals surface area contributed by atoms with Crippen LogP contribution in [0.2, 0.25) is 0 Å². The fraction of sp³-hybridized carbons (Fsp3) is 0.227. The molecule has 1 nitrogen and oxygen atoms in total. The number of hydrogen-bond donors (Lipinski definition) is 0. The van der Waals surface area contributed by atoms with Crippen LogP contribution in [0.15, 0.2) is 140 Å². The summed E-state index contributed by atoms with van der Waals surface area (Å²) >= 11 is 0. The normalized spacial score (nSPS) is 25.4. The average Bonchev–Trinajstić information content (AvgIpc) is 3.39. The Labute approximate surface area is 266 Å². The van der Waals surface area contributed by atoms with Crippen molar-refractivity contribution in [3.05, 3.63) is 151 Å². The first-order chi connectivity index (χ1) is 22.3. The monoisotopic (exact) mass is 579 g/mol. The lowest BCUT2D eigenvalue weighted by Gasteiger charge is -2.61. The third kappa shape index (κ3) is 3.56. The molecule has 6 aromatic rings. The molecule has 1 spiro atoms. The second-order valence-corrected chi connectivity index (χ2v) is 14.1. The van der Waals surface area contributed by atoms with E-state index in [1.165, 1.54) is 82.2 Å². The Morgan fingerprint density at radius 3 is 1.84 bits per heavy atom. The number of anilines is 3. The highest BCUT2D eigenvalue weighted by Crippen LogP contribution is 2.70. The summed E-state index contributed by atoms with van der Waals surface area (Å²) in [6.45, 7) is 0. The van der Waals surface area contributed by atoms with Crippen LogP contribution in [0, 0.1) is 23.7 Å². The highest BCUT2D eigenvalue weighted by atomic mass is 15.1. The lowest BCUT2D eigenvalue weighted by atomic mass is 9.43. The van der Waals surface area contributed by atoms with Crippen LogP contribution in [-0.2, 0) is 5.41 Å². The molecule has 4 bridgehead atoms. The molecular weight excluding hydrogens is 542 g/mol. The lowest BCUT2D eigenvalue weighted by Crippen LogP contribution is -2.55. The maximum atomic E-state index is 2.59. The van der Waals surface area contributed by atoms with Gasteiger partial charge in [-0.3, -0.25) is 0 Å². The van der Waals surface area contributed by atoms with E-state index in [0.29, 0.717) is 0 Å². The topological polar surface area (TPSA) is 3.24 Å². The number of nitrogens with zero attached hydrogens (tertiary/aromatic N) is 1. The van der Waals surface area contributed by atoms with Crippen molar-refractivity contribution in [2.24, 2.45) is 23.7 Å². The van der Waals surface area contributed by atoms with Gasteiger partial charge in [0.2, 0.25) is 0 Å². The van der Waals surface area contributed by atoms with Crippen LogP contribution in [0.1, 0.15) is 43.2 Å². The zero-order chi connectivity index (χ0) is 29.5. The quantitative estimate of drug-likeness (QED) is 0.201. The number of rotatable bonds is 4. The van der Waals surface area contributed by atoms with Gasteiger partial charge in [0, 0.05) is 21.9 Å². The molecule has 0 amide bonds. The van der Waals surface area contributed by atoms with Crippen molar-refractivity contribution in [3.8, 4) is 22.3 Å². The molecule has 1 heteroatoms. The minimum atomic E-state index is 0.138. The molecule has 0 heterocycles. The fourth-order valence-electron chi connectivity index (χ4n) is 10.7. The molecule has 6 aromatic carbocycles. The van der Waals surface area contributed by atoms with Gasteiger partial charge in [0.15, 0.2) is 0 Å². The number of para-hydroxylation sites is 1. The summed E-state index contributed by atoms with van der Waals surface area (Å²) in [5, 5.41) is 2.54. The summed E-state index contributed by atoms with van der Waals surface area (Å²) in [5.74, 6) is 3.35. The van der Waals surface area contributed by atoms with E-state index in [1.54, 1.807) is 11.1 Å². The third-order valence-electron chi connectivity index (χ3n) is 12.0. The van der Waals surface area contributed by atoms with E-state index in [2.05, 4.69) is 144 Å². The molecule has 4 fully saturated rings. The predicted octanol–water partition coefficient (Wildman–Crippen LogP) is 11.7. The number of fused-ring (bicyclic) bond motifs is 4. The van der Waals surface area contributed by atoms with Crippen LogP contribution in [0.3, 0.4) is 0 Å². The second-order valence-electron chi connectivity index (χ2n) is 14.1. The molecule has 0 radical (unpaired) electrons. The van der Waals surface area contributed by atoms with Crippen LogP contribution in [0.25, 0.3) is 33.0 Å². The Hall–Kier alpha value is -4.62. The zero-order valence-electron chi connectivity index (χ0n) is 25.6. The van der Waals surface area contributed by atoms with Crippen LogP contribution in [0.5, 0.6) is 0 Å². The molecule has 4 saturated carbocycles. The molecule has 5 aliphatic rings. The van der Waals surface area contributed by atoms with Crippen LogP contribution < -0.4 is 4.90 Å². The van der Waals surface area contributed by atoms with Gasteiger partial charge in [-0.1, -0.05) is 121 Å². The van der Waals surface area contributed by atoms with Crippen LogP contribution in [0.4, 0.5) is 17.1 Å². The largest absolute Gasteiger partial charge is 0.309 e. The summed E-state index contributed by atoms with van der Waals surface area (Å²) in [7, 11) is 0. The average molecular weight is 580 g/mol. The van der Waals surface area contributed by atoms with E-state index in [-0.39, 0.29) is 5.41 Å². The first-order valence-electron chi connectivity index (χ1n) is 17.0.